The molecule has 8 nitrogen and oxygen atoms in total. The number of fused-ring (bicyclic) bond motifs is 1. The summed E-state index contributed by atoms with van der Waals surface area (Å²) in [6, 6.07) is 4.41. The topological polar surface area (TPSA) is 96.4 Å². The number of aliphatic hydroxyl groups is 1. The maximum Gasteiger partial charge on any atom is 0.312 e. The molecular weight excluding hydrogens is 472 g/mol. The van der Waals surface area contributed by atoms with Gasteiger partial charge in [0.25, 0.3) is 5.91 Å². The van der Waals surface area contributed by atoms with Crippen LogP contribution >= 0.6 is 11.6 Å². The number of benzene rings is 1. The minimum absolute atomic E-state index is 0.0332. The van der Waals surface area contributed by atoms with Crippen LogP contribution in [0.15, 0.2) is 43.5 Å². The standard InChI is InChI=1S/C26H31ClN2O6/c1-4-12-28(21-16(3)8-6-9-17(21)27)24(32)22-26-11-10-18(35-26)19(25(33)34-15-5-2)20(26)23(31)29(22)13-7-14-30/h4-6,8-9,18-20,22,30H,1-2,7,10-15H2,3H3/t18-,19+,20+,22?,26?/m1/s1. The Kier molecular flexibility index (Phi) is 7.35. The van der Waals surface area contributed by atoms with Crippen LogP contribution in [-0.4, -0.2) is 71.8 Å². The van der Waals surface area contributed by atoms with Crippen LogP contribution in [0.25, 0.3) is 0 Å². The van der Waals surface area contributed by atoms with Crippen LogP contribution in [0.3, 0.4) is 0 Å². The molecule has 1 aromatic carbocycles. The van der Waals surface area contributed by atoms with Gasteiger partial charge in [-0.2, -0.15) is 0 Å². The molecule has 2 bridgehead atoms. The van der Waals surface area contributed by atoms with E-state index in [1.54, 1.807) is 18.2 Å². The monoisotopic (exact) mass is 502 g/mol. The highest BCUT2D eigenvalue weighted by Crippen LogP contribution is 2.59. The Morgan fingerprint density at radius 1 is 1.37 bits per heavy atom. The van der Waals surface area contributed by atoms with Gasteiger partial charge >= 0.3 is 5.97 Å². The minimum atomic E-state index is -1.15. The van der Waals surface area contributed by atoms with Crippen molar-refractivity contribution in [1.82, 2.24) is 4.90 Å². The number of esters is 1. The summed E-state index contributed by atoms with van der Waals surface area (Å²) < 4.78 is 11.7. The Morgan fingerprint density at radius 3 is 2.80 bits per heavy atom. The maximum atomic E-state index is 14.3. The first-order valence-electron chi connectivity index (χ1n) is 11.9. The number of aliphatic hydroxyl groups excluding tert-OH is 1. The second kappa shape index (κ2) is 10.1. The van der Waals surface area contributed by atoms with Gasteiger partial charge in [0.1, 0.15) is 18.2 Å². The van der Waals surface area contributed by atoms with Crippen molar-refractivity contribution in [2.75, 3.05) is 31.2 Å². The van der Waals surface area contributed by atoms with Gasteiger partial charge in [-0.15, -0.1) is 6.58 Å². The van der Waals surface area contributed by atoms with Crippen molar-refractivity contribution in [2.45, 2.75) is 43.9 Å². The smallest absolute Gasteiger partial charge is 0.312 e. The zero-order chi connectivity index (χ0) is 25.3. The van der Waals surface area contributed by atoms with Crippen LogP contribution in [0.5, 0.6) is 0 Å². The van der Waals surface area contributed by atoms with E-state index in [4.69, 9.17) is 21.1 Å². The number of amides is 2. The number of ether oxygens (including phenoxy) is 2. The number of aryl methyl sites for hydroxylation is 1. The highest BCUT2D eigenvalue weighted by molar-refractivity contribution is 6.34. The molecule has 3 saturated heterocycles. The van der Waals surface area contributed by atoms with E-state index < -0.39 is 35.6 Å². The molecule has 5 atom stereocenters. The molecule has 2 amide bonds. The molecule has 3 fully saturated rings. The molecule has 2 unspecified atom stereocenters. The molecule has 4 rings (SSSR count). The maximum absolute atomic E-state index is 14.3. The van der Waals surface area contributed by atoms with Gasteiger partial charge in [0.15, 0.2) is 0 Å². The Labute approximate surface area is 210 Å². The number of hydrogen-bond acceptors (Lipinski definition) is 6. The molecule has 3 heterocycles. The molecule has 0 aromatic heterocycles. The van der Waals surface area contributed by atoms with Crippen LogP contribution in [-0.2, 0) is 23.9 Å². The van der Waals surface area contributed by atoms with Gasteiger partial charge in [0, 0.05) is 19.7 Å². The summed E-state index contributed by atoms with van der Waals surface area (Å²) in [6.45, 7) is 9.47. The fraction of sp³-hybridized carbons (Fsp3) is 0.500. The fourth-order valence-electron chi connectivity index (χ4n) is 5.95. The normalized spacial score (nSPS) is 28.7. The Hall–Kier alpha value is -2.68. The summed E-state index contributed by atoms with van der Waals surface area (Å²) in [6.07, 6.45) is 3.88. The predicted molar refractivity (Wildman–Crippen MR) is 131 cm³/mol. The average Bonchev–Trinajstić information content (AvgIpc) is 3.47. The van der Waals surface area contributed by atoms with Crippen molar-refractivity contribution >= 4 is 35.1 Å². The molecule has 35 heavy (non-hydrogen) atoms. The van der Waals surface area contributed by atoms with Crippen molar-refractivity contribution in [3.8, 4) is 0 Å². The minimum Gasteiger partial charge on any atom is -0.461 e. The van der Waals surface area contributed by atoms with E-state index >= 15 is 0 Å². The predicted octanol–water partition coefficient (Wildman–Crippen LogP) is 2.65. The summed E-state index contributed by atoms with van der Waals surface area (Å²) >= 11 is 6.52. The molecular formula is C26H31ClN2O6. The molecule has 0 aliphatic carbocycles. The summed E-state index contributed by atoms with van der Waals surface area (Å²) in [4.78, 5) is 44.0. The van der Waals surface area contributed by atoms with E-state index in [1.807, 2.05) is 13.0 Å². The van der Waals surface area contributed by atoms with Gasteiger partial charge in [0.05, 0.1) is 28.6 Å². The summed E-state index contributed by atoms with van der Waals surface area (Å²) in [5.41, 5.74) is 0.194. The number of likely N-dealkylation sites (tertiary alicyclic amines) is 1. The largest absolute Gasteiger partial charge is 0.461 e. The first kappa shape index (κ1) is 25.4. The van der Waals surface area contributed by atoms with E-state index in [-0.39, 0.29) is 38.1 Å². The summed E-state index contributed by atoms with van der Waals surface area (Å²) in [5.74, 6) is -2.82. The molecule has 3 aliphatic rings. The summed E-state index contributed by atoms with van der Waals surface area (Å²) in [5, 5.41) is 9.88. The number of hydrogen-bond donors (Lipinski definition) is 1. The van der Waals surface area contributed by atoms with Crippen molar-refractivity contribution in [3.05, 3.63) is 54.1 Å². The van der Waals surface area contributed by atoms with Gasteiger partial charge in [-0.25, -0.2) is 0 Å². The lowest BCUT2D eigenvalue weighted by Crippen LogP contribution is -2.56. The van der Waals surface area contributed by atoms with Crippen molar-refractivity contribution in [3.63, 3.8) is 0 Å². The molecule has 188 valence electrons. The zero-order valence-corrected chi connectivity index (χ0v) is 20.6. The van der Waals surface area contributed by atoms with Gasteiger partial charge in [-0.1, -0.05) is 42.5 Å². The lowest BCUT2D eigenvalue weighted by atomic mass is 9.70. The van der Waals surface area contributed by atoms with E-state index in [0.29, 0.717) is 30.0 Å². The number of rotatable bonds is 10. The van der Waals surface area contributed by atoms with E-state index in [0.717, 1.165) is 5.56 Å². The average molecular weight is 503 g/mol. The number of anilines is 1. The highest BCUT2D eigenvalue weighted by Gasteiger charge is 2.75. The molecule has 9 heteroatoms. The van der Waals surface area contributed by atoms with Gasteiger partial charge in [-0.05, 0) is 37.8 Å². The van der Waals surface area contributed by atoms with Crippen LogP contribution in [0, 0.1) is 18.8 Å². The highest BCUT2D eigenvalue weighted by atomic mass is 35.5. The van der Waals surface area contributed by atoms with Crippen molar-refractivity contribution in [1.29, 1.82) is 0 Å². The van der Waals surface area contributed by atoms with Crippen molar-refractivity contribution < 1.29 is 29.0 Å². The molecule has 1 aromatic rings. The lowest BCUT2D eigenvalue weighted by molar-refractivity contribution is -0.154. The van der Waals surface area contributed by atoms with Crippen LogP contribution in [0.4, 0.5) is 5.69 Å². The lowest BCUT2D eigenvalue weighted by Gasteiger charge is -2.37. The van der Waals surface area contributed by atoms with Gasteiger partial charge in [-0.3, -0.25) is 14.4 Å². The first-order chi connectivity index (χ1) is 16.8. The molecule has 3 aliphatic heterocycles. The Balaban J connectivity index is 1.78. The van der Waals surface area contributed by atoms with E-state index in [9.17, 15) is 19.5 Å². The third-order valence-corrected chi connectivity index (χ3v) is 7.55. The molecule has 0 saturated carbocycles. The van der Waals surface area contributed by atoms with E-state index in [1.165, 1.54) is 15.9 Å². The van der Waals surface area contributed by atoms with Crippen LogP contribution < -0.4 is 4.90 Å². The quantitative estimate of drug-likeness (QED) is 0.390. The SMILES string of the molecule is C=CCOC(=O)[C@@H]1[C@H]2C(=O)N(CCCO)C(C(=O)N(CC=C)c3c(C)cccc3Cl)C23CC[C@H]1O3. The Bertz CT molecular complexity index is 1020. The van der Waals surface area contributed by atoms with Crippen LogP contribution in [0.1, 0.15) is 24.8 Å². The molecule has 1 N–H and O–H groups in total. The number of carbonyl (C=O) groups excluding carboxylic acids is 3. The van der Waals surface area contributed by atoms with E-state index in [2.05, 4.69) is 13.2 Å². The van der Waals surface area contributed by atoms with Gasteiger partial charge < -0.3 is 24.4 Å². The molecule has 1 spiro atoms. The fourth-order valence-corrected chi connectivity index (χ4v) is 6.28. The van der Waals surface area contributed by atoms with Crippen molar-refractivity contribution in [2.24, 2.45) is 11.8 Å². The van der Waals surface area contributed by atoms with Gasteiger partial charge in [0.2, 0.25) is 5.91 Å². The second-order valence-electron chi connectivity index (χ2n) is 9.23. The number of carbonyl (C=O) groups is 3. The van der Waals surface area contributed by atoms with Crippen LogP contribution in [0.2, 0.25) is 5.02 Å². The summed E-state index contributed by atoms with van der Waals surface area (Å²) in [7, 11) is 0. The number of nitrogens with zero attached hydrogens (tertiary/aromatic N) is 2. The third kappa shape index (κ3) is 4.07. The number of halogens is 1. The number of para-hydroxylation sites is 1. The Morgan fingerprint density at radius 2 is 2.14 bits per heavy atom. The first-order valence-corrected chi connectivity index (χ1v) is 12.2. The second-order valence-corrected chi connectivity index (χ2v) is 9.63. The zero-order valence-electron chi connectivity index (χ0n) is 19.8. The third-order valence-electron chi connectivity index (χ3n) is 7.24. The molecule has 0 radical (unpaired) electrons.